The van der Waals surface area contributed by atoms with Crippen molar-refractivity contribution >= 4 is 11.8 Å². The molecule has 3 nitrogen and oxygen atoms in total. The Kier molecular flexibility index (Phi) is 5.18. The average molecular weight is 279 g/mol. The Bertz CT molecular complexity index is 510. The van der Waals surface area contributed by atoms with E-state index in [0.717, 1.165) is 5.03 Å². The molecular weight excluding hydrogens is 265 g/mol. The number of nitrogens with zero attached hydrogens (tertiary/aromatic N) is 1. The molecule has 0 saturated carbocycles. The van der Waals surface area contributed by atoms with E-state index in [9.17, 15) is 9.50 Å². The van der Waals surface area contributed by atoms with Crippen LogP contribution in [0.1, 0.15) is 0 Å². The molecule has 100 valence electrons. The number of aliphatic hydroxyl groups is 1. The van der Waals surface area contributed by atoms with Gasteiger partial charge in [0.15, 0.2) is 11.6 Å². The fraction of sp³-hybridized carbons (Fsp3) is 0.214. The minimum absolute atomic E-state index is 0.0563. The molecule has 0 amide bonds. The molecule has 0 unspecified atom stereocenters. The first-order chi connectivity index (χ1) is 9.25. The third kappa shape index (κ3) is 4.54. The molecule has 19 heavy (non-hydrogen) atoms. The van der Waals surface area contributed by atoms with Crippen LogP contribution in [0.2, 0.25) is 0 Å². The van der Waals surface area contributed by atoms with E-state index in [-0.39, 0.29) is 12.4 Å². The Labute approximate surface area is 115 Å². The second kappa shape index (κ2) is 7.11. The van der Waals surface area contributed by atoms with Gasteiger partial charge in [-0.25, -0.2) is 9.37 Å². The van der Waals surface area contributed by atoms with Gasteiger partial charge in [-0.15, -0.1) is 11.8 Å². The molecule has 2 rings (SSSR count). The van der Waals surface area contributed by atoms with Crippen molar-refractivity contribution in [2.24, 2.45) is 0 Å². The SMILES string of the molecule is O[C@@H](COc1ccccc1F)CSc1ccccn1. The molecule has 0 aliphatic rings. The first-order valence-electron chi connectivity index (χ1n) is 5.85. The average Bonchev–Trinajstić information content (AvgIpc) is 2.45. The van der Waals surface area contributed by atoms with Gasteiger partial charge >= 0.3 is 0 Å². The fourth-order valence-electron chi connectivity index (χ4n) is 1.41. The van der Waals surface area contributed by atoms with Gasteiger partial charge in [0, 0.05) is 11.9 Å². The molecule has 0 fully saturated rings. The van der Waals surface area contributed by atoms with E-state index in [1.165, 1.54) is 23.9 Å². The van der Waals surface area contributed by atoms with E-state index in [1.54, 1.807) is 18.3 Å². The highest BCUT2D eigenvalue weighted by molar-refractivity contribution is 7.99. The Balaban J connectivity index is 1.76. The summed E-state index contributed by atoms with van der Waals surface area (Å²) in [5, 5.41) is 10.6. The van der Waals surface area contributed by atoms with Crippen molar-refractivity contribution in [3.8, 4) is 5.75 Å². The number of ether oxygens (including phenoxy) is 1. The van der Waals surface area contributed by atoms with Crippen LogP contribution in [0.4, 0.5) is 4.39 Å². The van der Waals surface area contributed by atoms with Gasteiger partial charge in [0.2, 0.25) is 0 Å². The molecule has 1 heterocycles. The molecule has 2 aromatic rings. The number of hydrogen-bond acceptors (Lipinski definition) is 4. The third-order valence-electron chi connectivity index (χ3n) is 2.33. The van der Waals surface area contributed by atoms with E-state index in [2.05, 4.69) is 4.98 Å². The Morgan fingerprint density at radius 3 is 2.74 bits per heavy atom. The van der Waals surface area contributed by atoms with Crippen LogP contribution in [0, 0.1) is 5.82 Å². The summed E-state index contributed by atoms with van der Waals surface area (Å²) < 4.78 is 18.5. The molecule has 0 saturated heterocycles. The van der Waals surface area contributed by atoms with Gasteiger partial charge in [-0.1, -0.05) is 18.2 Å². The highest BCUT2D eigenvalue weighted by Gasteiger charge is 2.08. The number of thioether (sulfide) groups is 1. The van der Waals surface area contributed by atoms with E-state index in [4.69, 9.17) is 4.74 Å². The first kappa shape index (κ1) is 13.8. The zero-order valence-corrected chi connectivity index (χ0v) is 11.0. The predicted octanol–water partition coefficient (Wildman–Crippen LogP) is 2.75. The van der Waals surface area contributed by atoms with Gasteiger partial charge in [0.05, 0.1) is 11.1 Å². The Hall–Kier alpha value is -1.59. The number of aliphatic hydroxyl groups excluding tert-OH is 1. The molecule has 0 aliphatic carbocycles. The number of benzene rings is 1. The standard InChI is InChI=1S/C14H14FNO2S/c15-12-5-1-2-6-13(12)18-9-11(17)10-19-14-7-3-4-8-16-14/h1-8,11,17H,9-10H2/t11-/m0/s1. The van der Waals surface area contributed by atoms with Crippen molar-refractivity contribution in [3.63, 3.8) is 0 Å². The molecule has 0 spiro atoms. The van der Waals surface area contributed by atoms with Gasteiger partial charge in [0.25, 0.3) is 0 Å². The minimum Gasteiger partial charge on any atom is -0.488 e. The van der Waals surface area contributed by atoms with Gasteiger partial charge in [-0.05, 0) is 24.3 Å². The molecular formula is C14H14FNO2S. The van der Waals surface area contributed by atoms with Crippen molar-refractivity contribution in [1.82, 2.24) is 4.98 Å². The Morgan fingerprint density at radius 2 is 2.00 bits per heavy atom. The minimum atomic E-state index is -0.674. The van der Waals surface area contributed by atoms with Crippen molar-refractivity contribution < 1.29 is 14.2 Å². The van der Waals surface area contributed by atoms with Crippen LogP contribution in [-0.2, 0) is 0 Å². The van der Waals surface area contributed by atoms with E-state index >= 15 is 0 Å². The van der Waals surface area contributed by atoms with Gasteiger partial charge in [-0.2, -0.15) is 0 Å². The fourth-order valence-corrected chi connectivity index (χ4v) is 2.18. The van der Waals surface area contributed by atoms with Crippen molar-refractivity contribution in [1.29, 1.82) is 0 Å². The zero-order valence-electron chi connectivity index (χ0n) is 10.2. The number of pyridine rings is 1. The quantitative estimate of drug-likeness (QED) is 0.826. The molecule has 0 aliphatic heterocycles. The molecule has 1 aromatic heterocycles. The molecule has 0 bridgehead atoms. The summed E-state index contributed by atoms with van der Waals surface area (Å²) in [5.74, 6) is 0.183. The highest BCUT2D eigenvalue weighted by Crippen LogP contribution is 2.18. The van der Waals surface area contributed by atoms with E-state index in [1.807, 2.05) is 18.2 Å². The monoisotopic (exact) mass is 279 g/mol. The number of hydrogen-bond donors (Lipinski definition) is 1. The van der Waals surface area contributed by atoms with Crippen molar-refractivity contribution in [2.45, 2.75) is 11.1 Å². The lowest BCUT2D eigenvalue weighted by atomic mass is 10.3. The topological polar surface area (TPSA) is 42.4 Å². The van der Waals surface area contributed by atoms with Crippen LogP contribution in [0.15, 0.2) is 53.7 Å². The summed E-state index contributed by atoms with van der Waals surface area (Å²) >= 11 is 1.43. The summed E-state index contributed by atoms with van der Waals surface area (Å²) in [5.41, 5.74) is 0. The zero-order chi connectivity index (χ0) is 13.5. The largest absolute Gasteiger partial charge is 0.488 e. The second-order valence-corrected chi connectivity index (χ2v) is 4.91. The van der Waals surface area contributed by atoms with Crippen LogP contribution >= 0.6 is 11.8 Å². The van der Waals surface area contributed by atoms with Crippen LogP contribution in [0.25, 0.3) is 0 Å². The van der Waals surface area contributed by atoms with Crippen molar-refractivity contribution in [3.05, 3.63) is 54.5 Å². The highest BCUT2D eigenvalue weighted by atomic mass is 32.2. The lowest BCUT2D eigenvalue weighted by molar-refractivity contribution is 0.123. The molecule has 1 N–H and O–H groups in total. The van der Waals surface area contributed by atoms with E-state index in [0.29, 0.717) is 5.75 Å². The lowest BCUT2D eigenvalue weighted by Crippen LogP contribution is -2.20. The number of rotatable bonds is 6. The molecule has 0 radical (unpaired) electrons. The van der Waals surface area contributed by atoms with Gasteiger partial charge in [0.1, 0.15) is 6.61 Å². The van der Waals surface area contributed by atoms with Crippen LogP contribution < -0.4 is 4.74 Å². The van der Waals surface area contributed by atoms with E-state index < -0.39 is 11.9 Å². The molecule has 5 heteroatoms. The summed E-state index contributed by atoms with van der Waals surface area (Å²) in [6, 6.07) is 11.7. The maximum Gasteiger partial charge on any atom is 0.165 e. The lowest BCUT2D eigenvalue weighted by Gasteiger charge is -2.12. The predicted molar refractivity (Wildman–Crippen MR) is 72.9 cm³/mol. The maximum atomic E-state index is 13.3. The van der Waals surface area contributed by atoms with Gasteiger partial charge < -0.3 is 9.84 Å². The first-order valence-corrected chi connectivity index (χ1v) is 6.83. The van der Waals surface area contributed by atoms with Crippen molar-refractivity contribution in [2.75, 3.05) is 12.4 Å². The van der Waals surface area contributed by atoms with Crippen LogP contribution in [0.5, 0.6) is 5.75 Å². The third-order valence-corrected chi connectivity index (χ3v) is 3.42. The number of aromatic nitrogens is 1. The smallest absolute Gasteiger partial charge is 0.165 e. The second-order valence-electron chi connectivity index (χ2n) is 3.87. The summed E-state index contributed by atoms with van der Waals surface area (Å²) in [6.07, 6.45) is 1.02. The Morgan fingerprint density at radius 1 is 1.21 bits per heavy atom. The number of halogens is 1. The number of para-hydroxylation sites is 1. The molecule has 1 atom stereocenters. The van der Waals surface area contributed by atoms with Crippen LogP contribution in [-0.4, -0.2) is 28.6 Å². The molecule has 1 aromatic carbocycles. The normalized spacial score (nSPS) is 12.1. The maximum absolute atomic E-state index is 13.3. The van der Waals surface area contributed by atoms with Crippen LogP contribution in [0.3, 0.4) is 0 Å². The van der Waals surface area contributed by atoms with Gasteiger partial charge in [-0.3, -0.25) is 0 Å². The summed E-state index contributed by atoms with van der Waals surface area (Å²) in [4.78, 5) is 4.13. The summed E-state index contributed by atoms with van der Waals surface area (Å²) in [6.45, 7) is 0.0563. The summed E-state index contributed by atoms with van der Waals surface area (Å²) in [7, 11) is 0.